The van der Waals surface area contributed by atoms with Gasteiger partial charge in [-0.3, -0.25) is 25.0 Å². The molecule has 0 spiro atoms. The molecule has 8 heteroatoms. The highest BCUT2D eigenvalue weighted by Crippen LogP contribution is 2.33. The molecule has 2 aromatic rings. The van der Waals surface area contributed by atoms with Gasteiger partial charge in [0, 0.05) is 34.8 Å². The van der Waals surface area contributed by atoms with Crippen LogP contribution in [0.2, 0.25) is 0 Å². The number of benzene rings is 1. The summed E-state index contributed by atoms with van der Waals surface area (Å²) in [6.07, 6.45) is 1.49. The van der Waals surface area contributed by atoms with Crippen molar-refractivity contribution in [3.8, 4) is 0 Å². The van der Waals surface area contributed by atoms with Crippen molar-refractivity contribution < 1.29 is 14.5 Å². The lowest BCUT2D eigenvalue weighted by atomic mass is 10.0. The van der Waals surface area contributed by atoms with E-state index in [0.717, 1.165) is 0 Å². The second-order valence-electron chi connectivity index (χ2n) is 4.16. The van der Waals surface area contributed by atoms with E-state index in [1.165, 1.54) is 24.4 Å². The number of nitro benzene ring substituents is 1. The number of nitrogens with zero attached hydrogens (tertiary/aromatic N) is 1. The fraction of sp³-hybridized carbons (Fsp3) is 0. The number of aromatic nitrogens is 1. The Hall–Kier alpha value is -2.67. The van der Waals surface area contributed by atoms with Crippen LogP contribution in [-0.2, 0) is 9.59 Å². The first-order valence-corrected chi connectivity index (χ1v) is 5.88. The molecule has 1 aliphatic heterocycles. The first-order chi connectivity index (χ1) is 9.49. The van der Waals surface area contributed by atoms with Crippen molar-refractivity contribution in [3.05, 3.63) is 45.1 Å². The van der Waals surface area contributed by atoms with Gasteiger partial charge in [0.1, 0.15) is 5.03 Å². The van der Waals surface area contributed by atoms with Crippen LogP contribution in [-0.4, -0.2) is 21.7 Å². The third-order valence-corrected chi connectivity index (χ3v) is 3.38. The molecule has 3 rings (SSSR count). The first kappa shape index (κ1) is 12.4. The zero-order valence-corrected chi connectivity index (χ0v) is 10.5. The number of carbonyl (C=O) groups excluding carboxylic acids is 2. The van der Waals surface area contributed by atoms with E-state index in [1.54, 1.807) is 0 Å². The summed E-state index contributed by atoms with van der Waals surface area (Å²) in [6, 6.07) is 4.20. The van der Waals surface area contributed by atoms with Crippen LogP contribution in [0.4, 0.5) is 5.69 Å². The standard InChI is InChI=1S/C12H6ClN3O4/c13-10-9(11(17)15-12(10)18)7-4-14-8-2-1-5(16(19)20)3-6(7)8/h1-4,14H,(H,15,17,18). The van der Waals surface area contributed by atoms with E-state index in [2.05, 4.69) is 10.3 Å². The number of nitrogens with one attached hydrogen (secondary N) is 2. The highest BCUT2D eigenvalue weighted by molar-refractivity contribution is 6.55. The molecule has 1 aromatic carbocycles. The molecule has 0 atom stereocenters. The van der Waals surface area contributed by atoms with E-state index in [0.29, 0.717) is 16.5 Å². The van der Waals surface area contributed by atoms with Gasteiger partial charge in [0.2, 0.25) is 0 Å². The Kier molecular flexibility index (Phi) is 2.58. The summed E-state index contributed by atoms with van der Waals surface area (Å²) in [5, 5.41) is 13.1. The van der Waals surface area contributed by atoms with Crippen molar-refractivity contribution in [2.24, 2.45) is 0 Å². The Morgan fingerprint density at radius 2 is 1.95 bits per heavy atom. The number of hydrogen-bond acceptors (Lipinski definition) is 4. The van der Waals surface area contributed by atoms with Crippen molar-refractivity contribution in [2.75, 3.05) is 0 Å². The number of fused-ring (bicyclic) bond motifs is 1. The summed E-state index contributed by atoms with van der Waals surface area (Å²) >= 11 is 5.82. The highest BCUT2D eigenvalue weighted by Gasteiger charge is 2.31. The lowest BCUT2D eigenvalue weighted by molar-refractivity contribution is -0.384. The number of nitro groups is 1. The average molecular weight is 292 g/mol. The summed E-state index contributed by atoms with van der Waals surface area (Å²) in [4.78, 5) is 36.2. The maximum Gasteiger partial charge on any atom is 0.270 e. The molecule has 0 radical (unpaired) electrons. The molecule has 2 heterocycles. The zero-order valence-electron chi connectivity index (χ0n) is 9.77. The molecule has 1 aromatic heterocycles. The fourth-order valence-corrected chi connectivity index (χ4v) is 2.34. The summed E-state index contributed by atoms with van der Waals surface area (Å²) in [5.41, 5.74) is 0.870. The molecular formula is C12H6ClN3O4. The SMILES string of the molecule is O=C1NC(=O)C(c2c[nH]c3ccc([N+](=O)[O-])cc23)=C1Cl. The molecule has 0 fully saturated rings. The largest absolute Gasteiger partial charge is 0.361 e. The Morgan fingerprint density at radius 3 is 2.55 bits per heavy atom. The van der Waals surface area contributed by atoms with Crippen molar-refractivity contribution in [1.82, 2.24) is 10.3 Å². The molecular weight excluding hydrogens is 286 g/mol. The fourth-order valence-electron chi connectivity index (χ4n) is 2.10. The van der Waals surface area contributed by atoms with Crippen molar-refractivity contribution >= 4 is 45.6 Å². The maximum atomic E-state index is 11.7. The second kappa shape index (κ2) is 4.17. The second-order valence-corrected chi connectivity index (χ2v) is 4.54. The van der Waals surface area contributed by atoms with Crippen molar-refractivity contribution in [3.63, 3.8) is 0 Å². The number of non-ortho nitro benzene ring substituents is 1. The van der Waals surface area contributed by atoms with Crippen LogP contribution < -0.4 is 5.32 Å². The molecule has 0 aliphatic carbocycles. The Bertz CT molecular complexity index is 821. The van der Waals surface area contributed by atoms with Gasteiger partial charge in [0.05, 0.1) is 10.5 Å². The molecule has 7 nitrogen and oxygen atoms in total. The molecule has 0 bridgehead atoms. The normalized spacial score (nSPS) is 15.1. The number of aromatic amines is 1. The van der Waals surface area contributed by atoms with Gasteiger partial charge in [-0.25, -0.2) is 0 Å². The lowest BCUT2D eigenvalue weighted by Crippen LogP contribution is -2.22. The zero-order chi connectivity index (χ0) is 14.4. The third-order valence-electron chi connectivity index (χ3n) is 3.02. The number of halogens is 1. The summed E-state index contributed by atoms with van der Waals surface area (Å²) in [5.74, 6) is -1.29. The molecule has 20 heavy (non-hydrogen) atoms. The quantitative estimate of drug-likeness (QED) is 0.499. The molecule has 0 saturated carbocycles. The number of carbonyl (C=O) groups is 2. The van der Waals surface area contributed by atoms with E-state index in [-0.39, 0.29) is 16.3 Å². The van der Waals surface area contributed by atoms with E-state index >= 15 is 0 Å². The Morgan fingerprint density at radius 1 is 1.20 bits per heavy atom. The van der Waals surface area contributed by atoms with Gasteiger partial charge in [-0.15, -0.1) is 0 Å². The van der Waals surface area contributed by atoms with E-state index < -0.39 is 16.7 Å². The number of amides is 2. The van der Waals surface area contributed by atoms with Crippen LogP contribution in [0.3, 0.4) is 0 Å². The van der Waals surface area contributed by atoms with Crippen LogP contribution in [0, 0.1) is 10.1 Å². The van der Waals surface area contributed by atoms with Gasteiger partial charge in [0.15, 0.2) is 0 Å². The predicted molar refractivity (Wildman–Crippen MR) is 70.9 cm³/mol. The Balaban J connectivity index is 2.27. The van der Waals surface area contributed by atoms with E-state index in [1.807, 2.05) is 0 Å². The number of imide groups is 1. The predicted octanol–water partition coefficient (Wildman–Crippen LogP) is 1.68. The van der Waals surface area contributed by atoms with Gasteiger partial charge in [-0.05, 0) is 6.07 Å². The van der Waals surface area contributed by atoms with Crippen LogP contribution in [0.1, 0.15) is 5.56 Å². The van der Waals surface area contributed by atoms with E-state index in [4.69, 9.17) is 11.6 Å². The van der Waals surface area contributed by atoms with E-state index in [9.17, 15) is 19.7 Å². The highest BCUT2D eigenvalue weighted by atomic mass is 35.5. The first-order valence-electron chi connectivity index (χ1n) is 5.50. The Labute approximate surface area is 116 Å². The van der Waals surface area contributed by atoms with Gasteiger partial charge in [-0.1, -0.05) is 11.6 Å². The van der Waals surface area contributed by atoms with Gasteiger partial charge >= 0.3 is 0 Å². The average Bonchev–Trinajstić information content (AvgIpc) is 2.91. The van der Waals surface area contributed by atoms with Crippen LogP contribution in [0.15, 0.2) is 29.4 Å². The molecule has 2 amide bonds. The van der Waals surface area contributed by atoms with Gasteiger partial charge in [-0.2, -0.15) is 0 Å². The minimum Gasteiger partial charge on any atom is -0.361 e. The number of rotatable bonds is 2. The lowest BCUT2D eigenvalue weighted by Gasteiger charge is -1.98. The molecule has 1 aliphatic rings. The third kappa shape index (κ3) is 1.68. The molecule has 100 valence electrons. The van der Waals surface area contributed by atoms with Crippen molar-refractivity contribution in [1.29, 1.82) is 0 Å². The van der Waals surface area contributed by atoms with Crippen molar-refractivity contribution in [2.45, 2.75) is 0 Å². The minimum atomic E-state index is -0.675. The van der Waals surface area contributed by atoms with Crippen LogP contribution in [0.25, 0.3) is 16.5 Å². The topological polar surface area (TPSA) is 105 Å². The van der Waals surface area contributed by atoms with Crippen LogP contribution in [0.5, 0.6) is 0 Å². The maximum absolute atomic E-state index is 11.7. The molecule has 0 unspecified atom stereocenters. The molecule has 2 N–H and O–H groups in total. The summed E-state index contributed by atoms with van der Waals surface area (Å²) in [7, 11) is 0. The van der Waals surface area contributed by atoms with Gasteiger partial charge < -0.3 is 4.98 Å². The molecule has 0 saturated heterocycles. The smallest absolute Gasteiger partial charge is 0.270 e. The summed E-state index contributed by atoms with van der Waals surface area (Å²) in [6.45, 7) is 0. The van der Waals surface area contributed by atoms with Gasteiger partial charge in [0.25, 0.3) is 17.5 Å². The monoisotopic (exact) mass is 291 g/mol. The van der Waals surface area contributed by atoms with Crippen LogP contribution >= 0.6 is 11.6 Å². The summed E-state index contributed by atoms with van der Waals surface area (Å²) < 4.78 is 0. The minimum absolute atomic E-state index is 0.0171. The number of H-pyrrole nitrogens is 1. The number of hydrogen-bond donors (Lipinski definition) is 2.